The molecule has 20 heavy (non-hydrogen) atoms. The first-order valence-corrected chi connectivity index (χ1v) is 7.67. The van der Waals surface area contributed by atoms with E-state index >= 15 is 0 Å². The summed E-state index contributed by atoms with van der Waals surface area (Å²) in [6, 6.07) is 5.67. The van der Waals surface area contributed by atoms with E-state index in [-0.39, 0.29) is 4.90 Å². The largest absolute Gasteiger partial charge is 0.323 e. The summed E-state index contributed by atoms with van der Waals surface area (Å²) >= 11 is 5.69. The Morgan fingerprint density at radius 3 is 2.55 bits per heavy atom. The van der Waals surface area contributed by atoms with Crippen molar-refractivity contribution in [3.8, 4) is 0 Å². The van der Waals surface area contributed by atoms with Crippen LogP contribution in [0.25, 0.3) is 0 Å². The molecule has 0 saturated carbocycles. The van der Waals surface area contributed by atoms with E-state index in [1.54, 1.807) is 13.2 Å². The van der Waals surface area contributed by atoms with E-state index in [9.17, 15) is 13.2 Å². The standard InChI is InChI=1S/C12H12ClN3O3S/c1-16-7-10(6-14-16)15-12(17)8-20(18,19)11-4-2-9(13)3-5-11/h2-7H,8H2,1H3,(H,15,17). The number of hydrogen-bond acceptors (Lipinski definition) is 4. The maximum absolute atomic E-state index is 12.0. The summed E-state index contributed by atoms with van der Waals surface area (Å²) in [5.74, 6) is -1.25. The van der Waals surface area contributed by atoms with E-state index in [1.165, 1.54) is 35.1 Å². The van der Waals surface area contributed by atoms with Crippen LogP contribution in [0, 0.1) is 0 Å². The number of anilines is 1. The van der Waals surface area contributed by atoms with Gasteiger partial charge in [0.05, 0.1) is 16.8 Å². The van der Waals surface area contributed by atoms with Gasteiger partial charge in [0, 0.05) is 18.3 Å². The van der Waals surface area contributed by atoms with Crippen molar-refractivity contribution in [2.45, 2.75) is 4.90 Å². The number of amides is 1. The highest BCUT2D eigenvalue weighted by atomic mass is 35.5. The highest BCUT2D eigenvalue weighted by Gasteiger charge is 2.19. The first-order valence-electron chi connectivity index (χ1n) is 5.64. The minimum Gasteiger partial charge on any atom is -0.323 e. The molecule has 2 rings (SSSR count). The van der Waals surface area contributed by atoms with Crippen LogP contribution >= 0.6 is 11.6 Å². The lowest BCUT2D eigenvalue weighted by atomic mass is 10.4. The molecular weight excluding hydrogens is 302 g/mol. The summed E-state index contributed by atoms with van der Waals surface area (Å²) in [7, 11) is -1.99. The average Bonchev–Trinajstić information content (AvgIpc) is 2.74. The van der Waals surface area contributed by atoms with Gasteiger partial charge in [0.25, 0.3) is 0 Å². The van der Waals surface area contributed by atoms with Crippen molar-refractivity contribution in [1.82, 2.24) is 9.78 Å². The van der Waals surface area contributed by atoms with E-state index in [1.807, 2.05) is 0 Å². The molecule has 0 bridgehead atoms. The van der Waals surface area contributed by atoms with E-state index in [2.05, 4.69) is 10.4 Å². The van der Waals surface area contributed by atoms with Gasteiger partial charge in [-0.15, -0.1) is 0 Å². The minimum absolute atomic E-state index is 0.0586. The fourth-order valence-electron chi connectivity index (χ4n) is 1.58. The summed E-state index contributed by atoms with van der Waals surface area (Å²) in [4.78, 5) is 11.8. The Balaban J connectivity index is 2.08. The number of carbonyl (C=O) groups excluding carboxylic acids is 1. The van der Waals surface area contributed by atoms with Gasteiger partial charge in [-0.05, 0) is 24.3 Å². The van der Waals surface area contributed by atoms with E-state index in [4.69, 9.17) is 11.6 Å². The van der Waals surface area contributed by atoms with Crippen LogP contribution in [0.5, 0.6) is 0 Å². The molecule has 1 aromatic heterocycles. The predicted molar refractivity (Wildman–Crippen MR) is 75.3 cm³/mol. The highest BCUT2D eigenvalue weighted by molar-refractivity contribution is 7.92. The zero-order valence-corrected chi connectivity index (χ0v) is 12.1. The molecule has 1 amide bonds. The molecule has 0 aliphatic rings. The summed E-state index contributed by atoms with van der Waals surface area (Å²) in [6.45, 7) is 0. The van der Waals surface area contributed by atoms with Gasteiger partial charge in [-0.25, -0.2) is 8.42 Å². The molecule has 2 aromatic rings. The number of benzene rings is 1. The molecule has 8 heteroatoms. The van der Waals surface area contributed by atoms with E-state index < -0.39 is 21.5 Å². The molecule has 0 radical (unpaired) electrons. The number of aryl methyl sites for hydroxylation is 1. The van der Waals surface area contributed by atoms with Crippen LogP contribution in [-0.2, 0) is 21.7 Å². The van der Waals surface area contributed by atoms with Crippen molar-refractivity contribution in [1.29, 1.82) is 0 Å². The fraction of sp³-hybridized carbons (Fsp3) is 0.167. The maximum Gasteiger partial charge on any atom is 0.240 e. The molecular formula is C12H12ClN3O3S. The maximum atomic E-state index is 12.0. The third-order valence-electron chi connectivity index (χ3n) is 2.48. The van der Waals surface area contributed by atoms with Gasteiger partial charge in [-0.1, -0.05) is 11.6 Å². The molecule has 0 aliphatic heterocycles. The molecule has 0 unspecified atom stereocenters. The van der Waals surface area contributed by atoms with Crippen molar-refractivity contribution in [3.05, 3.63) is 41.7 Å². The quantitative estimate of drug-likeness (QED) is 0.927. The smallest absolute Gasteiger partial charge is 0.240 e. The number of nitrogens with one attached hydrogen (secondary N) is 1. The lowest BCUT2D eigenvalue weighted by Gasteiger charge is -2.05. The summed E-state index contributed by atoms with van der Waals surface area (Å²) in [5.41, 5.74) is 0.448. The van der Waals surface area contributed by atoms with Crippen LogP contribution in [-0.4, -0.2) is 29.9 Å². The Kier molecular flexibility index (Phi) is 4.10. The van der Waals surface area contributed by atoms with Crippen LogP contribution in [0.3, 0.4) is 0 Å². The van der Waals surface area contributed by atoms with Crippen LogP contribution in [0.15, 0.2) is 41.6 Å². The van der Waals surface area contributed by atoms with Gasteiger partial charge in [0.15, 0.2) is 9.84 Å². The van der Waals surface area contributed by atoms with Crippen molar-refractivity contribution < 1.29 is 13.2 Å². The topological polar surface area (TPSA) is 81.1 Å². The van der Waals surface area contributed by atoms with Crippen molar-refractivity contribution >= 4 is 33.0 Å². The number of nitrogens with zero attached hydrogens (tertiary/aromatic N) is 2. The van der Waals surface area contributed by atoms with Gasteiger partial charge in [0.1, 0.15) is 5.75 Å². The lowest BCUT2D eigenvalue weighted by molar-refractivity contribution is -0.113. The van der Waals surface area contributed by atoms with Crippen LogP contribution in [0.4, 0.5) is 5.69 Å². The first-order chi connectivity index (χ1) is 9.37. The number of rotatable bonds is 4. The van der Waals surface area contributed by atoms with Gasteiger partial charge in [-0.3, -0.25) is 9.48 Å². The molecule has 6 nitrogen and oxygen atoms in total. The summed E-state index contributed by atoms with van der Waals surface area (Å²) < 4.78 is 25.6. The van der Waals surface area contributed by atoms with E-state index in [0.29, 0.717) is 10.7 Å². The van der Waals surface area contributed by atoms with Crippen LogP contribution < -0.4 is 5.32 Å². The normalized spacial score (nSPS) is 11.3. The Bertz CT molecular complexity index is 723. The molecule has 1 heterocycles. The molecule has 1 aromatic carbocycles. The SMILES string of the molecule is Cn1cc(NC(=O)CS(=O)(=O)c2ccc(Cl)cc2)cn1. The second kappa shape index (κ2) is 5.64. The summed E-state index contributed by atoms with van der Waals surface area (Å²) in [5, 5.41) is 6.78. The number of carbonyl (C=O) groups is 1. The molecule has 0 fully saturated rings. The predicted octanol–water partition coefficient (Wildman–Crippen LogP) is 1.49. The van der Waals surface area contributed by atoms with Gasteiger partial charge in [0.2, 0.25) is 5.91 Å². The fourth-order valence-corrected chi connectivity index (χ4v) is 2.84. The Morgan fingerprint density at radius 1 is 1.35 bits per heavy atom. The van der Waals surface area contributed by atoms with Crippen molar-refractivity contribution in [3.63, 3.8) is 0 Å². The second-order valence-corrected chi connectivity index (χ2v) is 6.59. The molecule has 0 saturated heterocycles. The van der Waals surface area contributed by atoms with Crippen molar-refractivity contribution in [2.24, 2.45) is 7.05 Å². The third kappa shape index (κ3) is 3.58. The number of sulfone groups is 1. The number of aromatic nitrogens is 2. The molecule has 106 valence electrons. The Labute approximate surface area is 121 Å². The van der Waals surface area contributed by atoms with Gasteiger partial charge < -0.3 is 5.32 Å². The van der Waals surface area contributed by atoms with Gasteiger partial charge >= 0.3 is 0 Å². The zero-order valence-electron chi connectivity index (χ0n) is 10.6. The third-order valence-corrected chi connectivity index (χ3v) is 4.37. The zero-order chi connectivity index (χ0) is 14.8. The molecule has 0 atom stereocenters. The van der Waals surface area contributed by atoms with E-state index in [0.717, 1.165) is 0 Å². The Morgan fingerprint density at radius 2 is 2.00 bits per heavy atom. The van der Waals surface area contributed by atoms with Crippen LogP contribution in [0.2, 0.25) is 5.02 Å². The first kappa shape index (κ1) is 14.5. The number of halogens is 1. The average molecular weight is 314 g/mol. The monoisotopic (exact) mass is 313 g/mol. The van der Waals surface area contributed by atoms with Crippen LogP contribution in [0.1, 0.15) is 0 Å². The molecule has 0 spiro atoms. The molecule has 0 aliphatic carbocycles. The second-order valence-electron chi connectivity index (χ2n) is 4.16. The number of hydrogen-bond donors (Lipinski definition) is 1. The minimum atomic E-state index is -3.69. The summed E-state index contributed by atoms with van der Waals surface area (Å²) in [6.07, 6.45) is 3.01. The highest BCUT2D eigenvalue weighted by Crippen LogP contribution is 2.15. The lowest BCUT2D eigenvalue weighted by Crippen LogP contribution is -2.22. The molecule has 1 N–H and O–H groups in total. The Hall–Kier alpha value is -1.86. The van der Waals surface area contributed by atoms with Gasteiger partial charge in [-0.2, -0.15) is 5.10 Å². The van der Waals surface area contributed by atoms with Crippen molar-refractivity contribution in [2.75, 3.05) is 11.1 Å².